The summed E-state index contributed by atoms with van der Waals surface area (Å²) in [6.45, 7) is 4.49. The second-order valence-electron chi connectivity index (χ2n) is 12.3. The van der Waals surface area contributed by atoms with Crippen molar-refractivity contribution in [3.05, 3.63) is 47.7 Å². The SMILES string of the molecule is CCc1c(F)ccc2cc(O)cc(-c3ncc4c(N5CCCC(OC)C5)nc(OCC56CCCN5C[C@H](F)C6)nc4c3F)c12. The zero-order valence-electron chi connectivity index (χ0n) is 25.0. The molecule has 44 heavy (non-hydrogen) atoms. The number of fused-ring (bicyclic) bond motifs is 3. The third-order valence-corrected chi connectivity index (χ3v) is 9.65. The molecule has 7 rings (SSSR count). The summed E-state index contributed by atoms with van der Waals surface area (Å²) in [4.78, 5) is 18.0. The van der Waals surface area contributed by atoms with E-state index in [0.29, 0.717) is 60.0 Å². The molecule has 232 valence electrons. The summed E-state index contributed by atoms with van der Waals surface area (Å²) in [5, 5.41) is 12.0. The van der Waals surface area contributed by atoms with Gasteiger partial charge in [-0.05, 0) is 73.2 Å². The van der Waals surface area contributed by atoms with Crippen molar-refractivity contribution in [1.29, 1.82) is 0 Å². The van der Waals surface area contributed by atoms with Crippen LogP contribution in [0.15, 0.2) is 30.5 Å². The van der Waals surface area contributed by atoms with Gasteiger partial charge in [-0.15, -0.1) is 0 Å². The third kappa shape index (κ3) is 4.90. The van der Waals surface area contributed by atoms with Crippen molar-refractivity contribution in [3.63, 3.8) is 0 Å². The van der Waals surface area contributed by atoms with Crippen molar-refractivity contribution in [1.82, 2.24) is 19.9 Å². The largest absolute Gasteiger partial charge is 0.508 e. The smallest absolute Gasteiger partial charge is 0.319 e. The van der Waals surface area contributed by atoms with Gasteiger partial charge in [-0.1, -0.05) is 13.0 Å². The van der Waals surface area contributed by atoms with Crippen LogP contribution < -0.4 is 9.64 Å². The number of phenolic OH excluding ortho intramolecular Hbond substituents is 1. The number of benzene rings is 2. The number of ether oxygens (including phenoxy) is 2. The number of alkyl halides is 1. The molecule has 8 nitrogen and oxygen atoms in total. The molecule has 0 amide bonds. The Hall–Kier alpha value is -3.70. The standard InChI is InChI=1S/C33H36F3N5O3/c1-3-23-26(35)8-7-19-12-21(42)13-24(27(19)23)29-28(36)30-25(15-37-29)31(40-10-4-6-22(17-40)43-2)39-32(38-30)44-18-33-9-5-11-41(33)16-20(34)14-33/h7-8,12-13,15,20,22,42H,3-6,9-11,14,16-18H2,1-2H3/t20-,22?,33?/m1/s1. The highest BCUT2D eigenvalue weighted by Gasteiger charge is 2.49. The Bertz CT molecular complexity index is 1740. The van der Waals surface area contributed by atoms with Crippen molar-refractivity contribution in [3.8, 4) is 23.0 Å². The summed E-state index contributed by atoms with van der Waals surface area (Å²) in [7, 11) is 1.67. The van der Waals surface area contributed by atoms with Gasteiger partial charge < -0.3 is 19.5 Å². The third-order valence-electron chi connectivity index (χ3n) is 9.65. The Morgan fingerprint density at radius 2 is 1.98 bits per heavy atom. The van der Waals surface area contributed by atoms with Crippen LogP contribution in [0.25, 0.3) is 32.9 Å². The number of nitrogens with zero attached hydrogens (tertiary/aromatic N) is 5. The molecular formula is C33H36F3N5O3. The molecule has 0 spiro atoms. The predicted molar refractivity (Wildman–Crippen MR) is 162 cm³/mol. The molecule has 5 heterocycles. The molecular weight excluding hydrogens is 571 g/mol. The van der Waals surface area contributed by atoms with Crippen LogP contribution in [0.1, 0.15) is 44.6 Å². The van der Waals surface area contributed by atoms with Crippen molar-refractivity contribution in [2.24, 2.45) is 0 Å². The predicted octanol–water partition coefficient (Wildman–Crippen LogP) is 5.96. The number of hydrogen-bond donors (Lipinski definition) is 1. The monoisotopic (exact) mass is 607 g/mol. The highest BCUT2D eigenvalue weighted by atomic mass is 19.1. The molecule has 3 aliphatic rings. The molecule has 0 bridgehead atoms. The van der Waals surface area contributed by atoms with Crippen molar-refractivity contribution >= 4 is 27.5 Å². The summed E-state index contributed by atoms with van der Waals surface area (Å²) in [5.41, 5.74) is 0.215. The molecule has 3 saturated heterocycles. The Morgan fingerprint density at radius 1 is 1.11 bits per heavy atom. The topological polar surface area (TPSA) is 83.8 Å². The van der Waals surface area contributed by atoms with Crippen LogP contribution in [-0.2, 0) is 11.2 Å². The summed E-state index contributed by atoms with van der Waals surface area (Å²) in [5.74, 6) is -0.730. The van der Waals surface area contributed by atoms with E-state index in [9.17, 15) is 13.9 Å². The minimum absolute atomic E-state index is 0.00711. The van der Waals surface area contributed by atoms with Crippen LogP contribution in [0.3, 0.4) is 0 Å². The normalized spacial score (nSPS) is 24.0. The fourth-order valence-electron chi connectivity index (χ4n) is 7.52. The number of phenols is 1. The van der Waals surface area contributed by atoms with Crippen LogP contribution in [0.2, 0.25) is 0 Å². The van der Waals surface area contributed by atoms with E-state index in [1.54, 1.807) is 13.2 Å². The van der Waals surface area contributed by atoms with Crippen LogP contribution >= 0.6 is 0 Å². The van der Waals surface area contributed by atoms with Crippen molar-refractivity contribution in [2.75, 3.05) is 44.8 Å². The number of aryl methyl sites for hydroxylation is 1. The van der Waals surface area contributed by atoms with Crippen LogP contribution in [0.4, 0.5) is 19.0 Å². The van der Waals surface area contributed by atoms with E-state index < -0.39 is 23.3 Å². The van der Waals surface area contributed by atoms with Gasteiger partial charge in [-0.25, -0.2) is 13.2 Å². The van der Waals surface area contributed by atoms with Crippen LogP contribution in [-0.4, -0.2) is 82.7 Å². The van der Waals surface area contributed by atoms with Gasteiger partial charge in [-0.3, -0.25) is 9.88 Å². The fourth-order valence-corrected chi connectivity index (χ4v) is 7.52. The van der Waals surface area contributed by atoms with Gasteiger partial charge >= 0.3 is 6.01 Å². The molecule has 3 aliphatic heterocycles. The highest BCUT2D eigenvalue weighted by Crippen LogP contribution is 2.42. The van der Waals surface area contributed by atoms with Gasteiger partial charge in [0.1, 0.15) is 41.4 Å². The van der Waals surface area contributed by atoms with E-state index in [4.69, 9.17) is 14.5 Å². The molecule has 3 fully saturated rings. The first-order valence-corrected chi connectivity index (χ1v) is 15.4. The number of anilines is 1. The van der Waals surface area contributed by atoms with E-state index >= 15 is 4.39 Å². The van der Waals surface area contributed by atoms with E-state index in [1.807, 2.05) is 11.8 Å². The molecule has 0 saturated carbocycles. The molecule has 0 aliphatic carbocycles. The van der Waals surface area contributed by atoms with Gasteiger partial charge in [0.05, 0.1) is 17.0 Å². The molecule has 1 N–H and O–H groups in total. The average Bonchev–Trinajstić information content (AvgIpc) is 3.55. The van der Waals surface area contributed by atoms with Crippen LogP contribution in [0, 0.1) is 11.6 Å². The molecule has 2 unspecified atom stereocenters. The summed E-state index contributed by atoms with van der Waals surface area (Å²) >= 11 is 0. The Morgan fingerprint density at radius 3 is 2.80 bits per heavy atom. The summed E-state index contributed by atoms with van der Waals surface area (Å²) in [6.07, 6.45) is 4.92. The van der Waals surface area contributed by atoms with Gasteiger partial charge in [0, 0.05) is 44.9 Å². The number of aromatic hydroxyl groups is 1. The first-order chi connectivity index (χ1) is 21.3. The maximum Gasteiger partial charge on any atom is 0.319 e. The van der Waals surface area contributed by atoms with Gasteiger partial charge in [0.15, 0.2) is 5.82 Å². The molecule has 11 heteroatoms. The van der Waals surface area contributed by atoms with Gasteiger partial charge in [0.2, 0.25) is 0 Å². The quantitative estimate of drug-likeness (QED) is 0.276. The Labute approximate surface area is 253 Å². The molecule has 2 aromatic heterocycles. The Balaban J connectivity index is 1.37. The Kier molecular flexibility index (Phi) is 7.48. The minimum Gasteiger partial charge on any atom is -0.508 e. The summed E-state index contributed by atoms with van der Waals surface area (Å²) < 4.78 is 57.9. The zero-order chi connectivity index (χ0) is 30.6. The lowest BCUT2D eigenvalue weighted by molar-refractivity contribution is 0.0890. The number of methoxy groups -OCH3 is 1. The van der Waals surface area contributed by atoms with E-state index in [-0.39, 0.29) is 41.2 Å². The molecule has 3 atom stereocenters. The molecule has 4 aromatic rings. The first kappa shape index (κ1) is 29.0. The molecule has 2 aromatic carbocycles. The first-order valence-electron chi connectivity index (χ1n) is 15.4. The number of hydrogen-bond acceptors (Lipinski definition) is 8. The maximum atomic E-state index is 16.7. The van der Waals surface area contributed by atoms with Crippen molar-refractivity contribution < 1.29 is 27.8 Å². The number of rotatable bonds is 7. The number of piperidine rings is 1. The van der Waals surface area contributed by atoms with Gasteiger partial charge in [0.25, 0.3) is 0 Å². The van der Waals surface area contributed by atoms with E-state index in [0.717, 1.165) is 32.2 Å². The van der Waals surface area contributed by atoms with E-state index in [1.165, 1.54) is 24.4 Å². The van der Waals surface area contributed by atoms with Crippen LogP contribution in [0.5, 0.6) is 11.8 Å². The van der Waals surface area contributed by atoms with Gasteiger partial charge in [-0.2, -0.15) is 9.97 Å². The summed E-state index contributed by atoms with van der Waals surface area (Å²) in [6, 6.07) is 5.86. The van der Waals surface area contributed by atoms with E-state index in [2.05, 4.69) is 14.9 Å². The number of halogens is 3. The minimum atomic E-state index is -0.910. The highest BCUT2D eigenvalue weighted by molar-refractivity contribution is 6.01. The fraction of sp³-hybridized carbons (Fsp3) is 0.485. The lowest BCUT2D eigenvalue weighted by Crippen LogP contribution is -2.43. The average molecular weight is 608 g/mol. The second-order valence-corrected chi connectivity index (χ2v) is 12.3. The number of pyridine rings is 1. The molecule has 0 radical (unpaired) electrons. The lowest BCUT2D eigenvalue weighted by Gasteiger charge is -2.34. The second kappa shape index (κ2) is 11.3. The lowest BCUT2D eigenvalue weighted by atomic mass is 9.94. The zero-order valence-corrected chi connectivity index (χ0v) is 25.0. The number of aromatic nitrogens is 3. The maximum absolute atomic E-state index is 16.7. The van der Waals surface area contributed by atoms with Crippen molar-refractivity contribution in [2.45, 2.75) is 63.3 Å².